The van der Waals surface area contributed by atoms with Gasteiger partial charge < -0.3 is 4.90 Å². The maximum absolute atomic E-state index is 13.0. The van der Waals surface area contributed by atoms with Gasteiger partial charge in [0.25, 0.3) is 5.91 Å². The summed E-state index contributed by atoms with van der Waals surface area (Å²) in [6, 6.07) is 13.5. The molecule has 5 nitrogen and oxygen atoms in total. The van der Waals surface area contributed by atoms with Crippen molar-refractivity contribution in [2.24, 2.45) is 0 Å². The summed E-state index contributed by atoms with van der Waals surface area (Å²) in [6.45, 7) is 2.25. The topological polar surface area (TPSA) is 51.0 Å². The van der Waals surface area contributed by atoms with Gasteiger partial charge in [0.05, 0.1) is 10.7 Å². The van der Waals surface area contributed by atoms with Crippen molar-refractivity contribution in [1.82, 2.24) is 19.7 Å². The van der Waals surface area contributed by atoms with Gasteiger partial charge in [-0.15, -0.1) is 5.10 Å². The summed E-state index contributed by atoms with van der Waals surface area (Å²) >= 11 is 6.20. The second-order valence-electron chi connectivity index (χ2n) is 5.95. The fourth-order valence-electron chi connectivity index (χ4n) is 2.55. The number of nitrogens with zero attached hydrogens (tertiary/aromatic N) is 4. The van der Waals surface area contributed by atoms with Gasteiger partial charge in [0, 0.05) is 13.6 Å². The Morgan fingerprint density at radius 2 is 1.88 bits per heavy atom. The van der Waals surface area contributed by atoms with Gasteiger partial charge in [0.1, 0.15) is 11.6 Å². The third kappa shape index (κ3) is 3.91. The lowest BCUT2D eigenvalue weighted by atomic mass is 10.1. The number of amides is 1. The van der Waals surface area contributed by atoms with Crippen LogP contribution in [0.1, 0.15) is 22.0 Å². The van der Waals surface area contributed by atoms with Crippen LogP contribution in [0, 0.1) is 12.7 Å². The quantitative estimate of drug-likeness (QED) is 0.686. The summed E-state index contributed by atoms with van der Waals surface area (Å²) in [5, 5.41) is 4.84. The summed E-state index contributed by atoms with van der Waals surface area (Å²) < 4.78 is 14.5. The summed E-state index contributed by atoms with van der Waals surface area (Å²) in [5.74, 6) is 0.140. The number of aromatic nitrogens is 3. The first kappa shape index (κ1) is 18.1. The lowest BCUT2D eigenvalue weighted by molar-refractivity contribution is 0.0784. The van der Waals surface area contributed by atoms with Crippen molar-refractivity contribution in [3.63, 3.8) is 0 Å². The van der Waals surface area contributed by atoms with Gasteiger partial charge in [0.15, 0.2) is 0 Å². The monoisotopic (exact) mass is 372 g/mol. The lowest BCUT2D eigenvalue weighted by Crippen LogP contribution is -2.29. The predicted octanol–water partition coefficient (Wildman–Crippen LogP) is 3.68. The summed E-state index contributed by atoms with van der Waals surface area (Å²) in [7, 11) is 1.69. The van der Waals surface area contributed by atoms with Crippen molar-refractivity contribution in [1.29, 1.82) is 0 Å². The first-order chi connectivity index (χ1) is 12.5. The first-order valence-corrected chi connectivity index (χ1v) is 8.52. The molecular formula is C19H18ClFN4O. The highest BCUT2D eigenvalue weighted by Crippen LogP contribution is 2.20. The van der Waals surface area contributed by atoms with Gasteiger partial charge in [-0.25, -0.2) is 14.1 Å². The standard InChI is InChI=1S/C19H18ClFN4O/c1-13-22-18(23-25(13)17-6-4-3-5-16(17)20)19(26)24(2)12-11-14-7-9-15(21)10-8-14/h3-10H,11-12H2,1-2H3. The Hall–Kier alpha value is -2.73. The van der Waals surface area contributed by atoms with E-state index in [4.69, 9.17) is 11.6 Å². The summed E-state index contributed by atoms with van der Waals surface area (Å²) in [5.41, 5.74) is 1.63. The Morgan fingerprint density at radius 1 is 1.19 bits per heavy atom. The Bertz CT molecular complexity index is 924. The minimum absolute atomic E-state index is 0.115. The average molecular weight is 373 g/mol. The van der Waals surface area contributed by atoms with E-state index >= 15 is 0 Å². The molecule has 0 fully saturated rings. The number of rotatable bonds is 5. The van der Waals surface area contributed by atoms with Crippen LogP contribution in [0.4, 0.5) is 4.39 Å². The number of hydrogen-bond acceptors (Lipinski definition) is 3. The zero-order chi connectivity index (χ0) is 18.7. The molecule has 0 bridgehead atoms. The molecule has 3 rings (SSSR count). The van der Waals surface area contributed by atoms with Crippen molar-refractivity contribution in [2.75, 3.05) is 13.6 Å². The number of carbonyl (C=O) groups excluding carboxylic acids is 1. The molecule has 0 spiro atoms. The van der Waals surface area contributed by atoms with Crippen molar-refractivity contribution in [2.45, 2.75) is 13.3 Å². The minimum Gasteiger partial charge on any atom is -0.339 e. The lowest BCUT2D eigenvalue weighted by Gasteiger charge is -2.15. The van der Waals surface area contributed by atoms with Crippen LogP contribution in [0.5, 0.6) is 0 Å². The Labute approximate surface area is 156 Å². The van der Waals surface area contributed by atoms with E-state index in [-0.39, 0.29) is 17.5 Å². The van der Waals surface area contributed by atoms with Crippen LogP contribution < -0.4 is 0 Å². The Balaban J connectivity index is 1.72. The molecule has 26 heavy (non-hydrogen) atoms. The van der Waals surface area contributed by atoms with E-state index in [1.165, 1.54) is 12.1 Å². The molecule has 134 valence electrons. The largest absolute Gasteiger partial charge is 0.339 e. The van der Waals surface area contributed by atoms with Crippen LogP contribution in [0.25, 0.3) is 5.69 Å². The van der Waals surface area contributed by atoms with Crippen molar-refractivity contribution < 1.29 is 9.18 Å². The van der Waals surface area contributed by atoms with Crippen LogP contribution in [0.3, 0.4) is 0 Å². The minimum atomic E-state index is -0.277. The van der Waals surface area contributed by atoms with Crippen LogP contribution in [0.15, 0.2) is 48.5 Å². The maximum Gasteiger partial charge on any atom is 0.293 e. The van der Waals surface area contributed by atoms with E-state index in [0.717, 1.165) is 5.56 Å². The van der Waals surface area contributed by atoms with Gasteiger partial charge >= 0.3 is 0 Å². The highest BCUT2D eigenvalue weighted by Gasteiger charge is 2.19. The molecule has 0 saturated heterocycles. The smallest absolute Gasteiger partial charge is 0.293 e. The van der Waals surface area contributed by atoms with Gasteiger partial charge in [-0.2, -0.15) is 0 Å². The molecule has 0 radical (unpaired) electrons. The molecule has 0 N–H and O–H groups in total. The van der Waals surface area contributed by atoms with E-state index < -0.39 is 0 Å². The van der Waals surface area contributed by atoms with E-state index in [9.17, 15) is 9.18 Å². The SMILES string of the molecule is Cc1nc(C(=O)N(C)CCc2ccc(F)cc2)nn1-c1ccccc1Cl. The maximum atomic E-state index is 13.0. The second kappa shape index (κ2) is 7.66. The van der Waals surface area contributed by atoms with E-state index in [1.54, 1.807) is 41.8 Å². The van der Waals surface area contributed by atoms with Gasteiger partial charge in [-0.05, 0) is 43.2 Å². The molecule has 0 saturated carbocycles. The molecule has 3 aromatic rings. The molecule has 2 aromatic carbocycles. The van der Waals surface area contributed by atoms with Gasteiger partial charge in [0.2, 0.25) is 5.82 Å². The third-order valence-electron chi connectivity index (χ3n) is 4.04. The molecule has 1 aromatic heterocycles. The van der Waals surface area contributed by atoms with E-state index in [1.807, 2.05) is 18.2 Å². The third-order valence-corrected chi connectivity index (χ3v) is 4.36. The number of likely N-dealkylation sites (N-methyl/N-ethyl adjacent to an activating group) is 1. The highest BCUT2D eigenvalue weighted by molar-refractivity contribution is 6.32. The molecule has 1 heterocycles. The van der Waals surface area contributed by atoms with Crippen LogP contribution in [-0.2, 0) is 6.42 Å². The first-order valence-electron chi connectivity index (χ1n) is 8.14. The fraction of sp³-hybridized carbons (Fsp3) is 0.211. The molecule has 0 unspecified atom stereocenters. The number of hydrogen-bond donors (Lipinski definition) is 0. The average Bonchev–Trinajstić information content (AvgIpc) is 3.02. The van der Waals surface area contributed by atoms with Crippen LogP contribution in [0.2, 0.25) is 5.02 Å². The van der Waals surface area contributed by atoms with Crippen molar-refractivity contribution >= 4 is 17.5 Å². The summed E-state index contributed by atoms with van der Waals surface area (Å²) in [4.78, 5) is 18.4. The zero-order valence-electron chi connectivity index (χ0n) is 14.5. The number of para-hydroxylation sites is 1. The molecule has 0 aliphatic heterocycles. The number of aryl methyl sites for hydroxylation is 1. The number of halogens is 2. The number of benzene rings is 2. The zero-order valence-corrected chi connectivity index (χ0v) is 15.2. The molecule has 7 heteroatoms. The Morgan fingerprint density at radius 3 is 2.58 bits per heavy atom. The molecule has 1 amide bonds. The number of carbonyl (C=O) groups is 1. The van der Waals surface area contributed by atoms with Crippen LogP contribution in [-0.4, -0.2) is 39.2 Å². The van der Waals surface area contributed by atoms with E-state index in [2.05, 4.69) is 10.1 Å². The fourth-order valence-corrected chi connectivity index (χ4v) is 2.77. The summed E-state index contributed by atoms with van der Waals surface area (Å²) in [6.07, 6.45) is 0.618. The molecule has 0 aliphatic carbocycles. The van der Waals surface area contributed by atoms with Crippen molar-refractivity contribution in [3.8, 4) is 5.69 Å². The van der Waals surface area contributed by atoms with Crippen molar-refractivity contribution in [3.05, 3.63) is 76.6 Å². The predicted molar refractivity (Wildman–Crippen MR) is 98.2 cm³/mol. The molecule has 0 aliphatic rings. The van der Waals surface area contributed by atoms with Crippen LogP contribution >= 0.6 is 11.6 Å². The Kier molecular flexibility index (Phi) is 5.32. The highest BCUT2D eigenvalue weighted by atomic mass is 35.5. The van der Waals surface area contributed by atoms with Gasteiger partial charge in [-0.3, -0.25) is 4.79 Å². The van der Waals surface area contributed by atoms with E-state index in [0.29, 0.717) is 29.5 Å². The molecular weight excluding hydrogens is 355 g/mol. The normalized spacial score (nSPS) is 10.8. The van der Waals surface area contributed by atoms with Gasteiger partial charge in [-0.1, -0.05) is 35.9 Å². The molecule has 0 atom stereocenters. The second-order valence-corrected chi connectivity index (χ2v) is 6.36.